The average molecular weight is 271 g/mol. The van der Waals surface area contributed by atoms with Crippen LogP contribution in [0.4, 0.5) is 0 Å². The van der Waals surface area contributed by atoms with Crippen molar-refractivity contribution in [2.24, 2.45) is 11.3 Å². The largest absolute Gasteiger partial charge is 0.299 e. The maximum Gasteiger partial charge on any atom is 0.136 e. The van der Waals surface area contributed by atoms with Crippen LogP contribution < -0.4 is 0 Å². The molecule has 1 unspecified atom stereocenters. The van der Waals surface area contributed by atoms with E-state index < -0.39 is 0 Å². The number of fused-ring (bicyclic) bond motifs is 2. The summed E-state index contributed by atoms with van der Waals surface area (Å²) >= 11 is 3.90. The molecule has 0 radical (unpaired) electrons. The Labute approximate surface area is 100 Å². The van der Waals surface area contributed by atoms with Gasteiger partial charge in [0.15, 0.2) is 0 Å². The van der Waals surface area contributed by atoms with E-state index in [9.17, 15) is 4.79 Å². The lowest BCUT2D eigenvalue weighted by Crippen LogP contribution is -2.34. The molecule has 84 valence electrons. The minimum Gasteiger partial charge on any atom is -0.299 e. The summed E-state index contributed by atoms with van der Waals surface area (Å²) in [6.45, 7) is 0. The van der Waals surface area contributed by atoms with Gasteiger partial charge >= 0.3 is 0 Å². The SMILES string of the molecule is O=C1CCCCC1C12CCC(Br)(CC1)C2. The standard InChI is InChI=1S/C13H19BrO/c14-13-7-5-12(9-13,6-8-13)10-3-1-2-4-11(10)15/h10H,1-9H2. The number of halogens is 1. The van der Waals surface area contributed by atoms with E-state index in [4.69, 9.17) is 0 Å². The summed E-state index contributed by atoms with van der Waals surface area (Å²) in [5.74, 6) is 1.01. The van der Waals surface area contributed by atoms with Gasteiger partial charge < -0.3 is 0 Å². The Balaban J connectivity index is 1.84. The van der Waals surface area contributed by atoms with E-state index in [1.54, 1.807) is 0 Å². The first kappa shape index (κ1) is 10.3. The van der Waals surface area contributed by atoms with Crippen LogP contribution in [0.3, 0.4) is 0 Å². The van der Waals surface area contributed by atoms with Crippen molar-refractivity contribution in [3.63, 3.8) is 0 Å². The molecule has 1 nitrogen and oxygen atoms in total. The molecule has 2 heteroatoms. The highest BCUT2D eigenvalue weighted by Crippen LogP contribution is 2.64. The van der Waals surface area contributed by atoms with Crippen molar-refractivity contribution in [2.75, 3.05) is 0 Å². The van der Waals surface area contributed by atoms with E-state index in [2.05, 4.69) is 15.9 Å². The lowest BCUT2D eigenvalue weighted by atomic mass is 9.66. The van der Waals surface area contributed by atoms with Gasteiger partial charge in [-0.05, 0) is 50.4 Å². The number of rotatable bonds is 1. The first-order chi connectivity index (χ1) is 7.14. The zero-order valence-electron chi connectivity index (χ0n) is 9.23. The number of hydrogen-bond acceptors (Lipinski definition) is 1. The van der Waals surface area contributed by atoms with Crippen LogP contribution in [0.15, 0.2) is 0 Å². The minimum absolute atomic E-state index is 0.418. The monoisotopic (exact) mass is 270 g/mol. The molecule has 0 aromatic carbocycles. The molecular weight excluding hydrogens is 252 g/mol. The van der Waals surface area contributed by atoms with Crippen LogP contribution in [0.25, 0.3) is 0 Å². The van der Waals surface area contributed by atoms with Crippen molar-refractivity contribution in [1.29, 1.82) is 0 Å². The Kier molecular flexibility index (Phi) is 2.28. The van der Waals surface area contributed by atoms with Crippen LogP contribution >= 0.6 is 15.9 Å². The Morgan fingerprint density at radius 2 is 1.87 bits per heavy atom. The minimum atomic E-state index is 0.418. The lowest BCUT2D eigenvalue weighted by Gasteiger charge is -2.37. The normalized spacial score (nSPS) is 49.9. The lowest BCUT2D eigenvalue weighted by molar-refractivity contribution is -0.129. The number of ketones is 1. The second-order valence-corrected chi connectivity index (χ2v) is 7.64. The molecule has 0 aliphatic heterocycles. The summed E-state index contributed by atoms with van der Waals surface area (Å²) in [5.41, 5.74) is 0.418. The number of carbonyl (C=O) groups excluding carboxylic acids is 1. The van der Waals surface area contributed by atoms with Gasteiger partial charge in [-0.3, -0.25) is 4.79 Å². The highest BCUT2D eigenvalue weighted by atomic mass is 79.9. The zero-order valence-corrected chi connectivity index (χ0v) is 10.8. The third-order valence-corrected chi connectivity index (χ3v) is 6.18. The topological polar surface area (TPSA) is 17.1 Å². The van der Waals surface area contributed by atoms with E-state index in [-0.39, 0.29) is 0 Å². The molecule has 3 fully saturated rings. The van der Waals surface area contributed by atoms with Crippen LogP contribution in [0.5, 0.6) is 0 Å². The van der Waals surface area contributed by atoms with Gasteiger partial charge in [-0.1, -0.05) is 22.4 Å². The fourth-order valence-electron chi connectivity index (χ4n) is 4.28. The van der Waals surface area contributed by atoms with Gasteiger partial charge in [-0.15, -0.1) is 0 Å². The third kappa shape index (κ3) is 1.51. The number of Topliss-reactive ketones (excluding diaryl/α,β-unsaturated/α-hetero) is 1. The van der Waals surface area contributed by atoms with Gasteiger partial charge in [-0.2, -0.15) is 0 Å². The fourth-order valence-corrected chi connectivity index (χ4v) is 5.24. The maximum atomic E-state index is 12.1. The van der Waals surface area contributed by atoms with Crippen molar-refractivity contribution >= 4 is 21.7 Å². The smallest absolute Gasteiger partial charge is 0.136 e. The van der Waals surface area contributed by atoms with E-state index in [0.717, 1.165) is 12.8 Å². The molecule has 3 aliphatic rings. The Hall–Kier alpha value is 0.150. The molecule has 0 amide bonds. The zero-order chi connectivity index (χ0) is 10.5. The molecule has 3 aliphatic carbocycles. The summed E-state index contributed by atoms with van der Waals surface area (Å²) in [7, 11) is 0. The summed E-state index contributed by atoms with van der Waals surface area (Å²) in [5, 5.41) is 0. The van der Waals surface area contributed by atoms with E-state index >= 15 is 0 Å². The van der Waals surface area contributed by atoms with Crippen LogP contribution in [0.2, 0.25) is 0 Å². The summed E-state index contributed by atoms with van der Waals surface area (Å²) in [6.07, 6.45) is 11.0. The van der Waals surface area contributed by atoms with Crippen molar-refractivity contribution in [3.05, 3.63) is 0 Å². The molecule has 3 saturated carbocycles. The van der Waals surface area contributed by atoms with E-state index in [1.807, 2.05) is 0 Å². The van der Waals surface area contributed by atoms with Gasteiger partial charge in [0.1, 0.15) is 5.78 Å². The molecule has 3 rings (SSSR count). The molecule has 15 heavy (non-hydrogen) atoms. The van der Waals surface area contributed by atoms with Gasteiger partial charge in [0.2, 0.25) is 0 Å². The van der Waals surface area contributed by atoms with Crippen LogP contribution in [-0.4, -0.2) is 10.1 Å². The molecule has 0 saturated heterocycles. The van der Waals surface area contributed by atoms with Crippen LogP contribution in [-0.2, 0) is 4.79 Å². The summed E-state index contributed by atoms with van der Waals surface area (Å²) in [6, 6.07) is 0. The van der Waals surface area contributed by atoms with Gasteiger partial charge in [0.25, 0.3) is 0 Å². The first-order valence-corrected chi connectivity index (χ1v) is 7.15. The Morgan fingerprint density at radius 3 is 2.40 bits per heavy atom. The molecule has 0 aromatic rings. The third-order valence-electron chi connectivity index (χ3n) is 5.10. The molecule has 0 spiro atoms. The summed E-state index contributed by atoms with van der Waals surface area (Å²) in [4.78, 5) is 12.1. The van der Waals surface area contributed by atoms with Crippen molar-refractivity contribution < 1.29 is 4.79 Å². The molecule has 2 bridgehead atoms. The van der Waals surface area contributed by atoms with E-state index in [0.29, 0.717) is 21.4 Å². The van der Waals surface area contributed by atoms with E-state index in [1.165, 1.54) is 44.9 Å². The fraction of sp³-hybridized carbons (Fsp3) is 0.923. The molecular formula is C13H19BrO. The number of hydrogen-bond donors (Lipinski definition) is 0. The second-order valence-electron chi connectivity index (χ2n) is 5.95. The second kappa shape index (κ2) is 3.32. The number of alkyl halides is 1. The maximum absolute atomic E-state index is 12.1. The molecule has 0 aromatic heterocycles. The molecule has 0 heterocycles. The predicted molar refractivity (Wildman–Crippen MR) is 64.1 cm³/mol. The van der Waals surface area contributed by atoms with Crippen molar-refractivity contribution in [2.45, 2.75) is 62.1 Å². The van der Waals surface area contributed by atoms with Crippen molar-refractivity contribution in [1.82, 2.24) is 0 Å². The number of carbonyl (C=O) groups is 1. The molecule has 0 N–H and O–H groups in total. The highest BCUT2D eigenvalue weighted by Gasteiger charge is 2.57. The average Bonchev–Trinajstić information content (AvgIpc) is 2.73. The van der Waals surface area contributed by atoms with Gasteiger partial charge in [0.05, 0.1) is 0 Å². The first-order valence-electron chi connectivity index (χ1n) is 6.35. The van der Waals surface area contributed by atoms with Gasteiger partial charge in [-0.25, -0.2) is 0 Å². The van der Waals surface area contributed by atoms with Crippen LogP contribution in [0.1, 0.15) is 57.8 Å². The summed E-state index contributed by atoms with van der Waals surface area (Å²) < 4.78 is 0.421. The predicted octanol–water partition coefficient (Wildman–Crippen LogP) is 3.84. The van der Waals surface area contributed by atoms with Crippen LogP contribution in [0, 0.1) is 11.3 Å². The highest BCUT2D eigenvalue weighted by molar-refractivity contribution is 9.10. The Bertz CT molecular complexity index is 289. The van der Waals surface area contributed by atoms with Gasteiger partial charge in [0, 0.05) is 16.7 Å². The molecule has 1 atom stereocenters. The van der Waals surface area contributed by atoms with Crippen molar-refractivity contribution in [3.8, 4) is 0 Å². The quantitative estimate of drug-likeness (QED) is 0.662. The Morgan fingerprint density at radius 1 is 1.13 bits per heavy atom.